The highest BCUT2D eigenvalue weighted by atomic mass is 32.2. The summed E-state index contributed by atoms with van der Waals surface area (Å²) in [6, 6.07) is 0.634. The Labute approximate surface area is 93.9 Å². The maximum absolute atomic E-state index is 4.12. The highest BCUT2D eigenvalue weighted by Gasteiger charge is 2.01. The second kappa shape index (κ2) is 7.20. The molecule has 1 atom stereocenters. The molecule has 0 aromatic carbocycles. The van der Waals surface area contributed by atoms with Gasteiger partial charge in [0.25, 0.3) is 0 Å². The lowest BCUT2D eigenvalue weighted by atomic mass is 10.2. The van der Waals surface area contributed by atoms with Gasteiger partial charge in [-0.05, 0) is 37.8 Å². The van der Waals surface area contributed by atoms with Crippen molar-refractivity contribution >= 4 is 23.3 Å². The van der Waals surface area contributed by atoms with Gasteiger partial charge >= 0.3 is 0 Å². The van der Waals surface area contributed by atoms with Gasteiger partial charge in [-0.15, -0.1) is 0 Å². The summed E-state index contributed by atoms with van der Waals surface area (Å²) in [4.78, 5) is 4.12. The zero-order valence-corrected chi connectivity index (χ0v) is 10.3. The lowest BCUT2D eigenvalue weighted by molar-refractivity contribution is 0.526. The molecule has 14 heavy (non-hydrogen) atoms. The molecule has 0 bridgehead atoms. The first-order valence-electron chi connectivity index (χ1n) is 4.95. The number of thioether (sulfide) groups is 1. The van der Waals surface area contributed by atoms with E-state index in [2.05, 4.69) is 28.5 Å². The van der Waals surface area contributed by atoms with Crippen molar-refractivity contribution in [3.63, 3.8) is 0 Å². The Kier molecular flexibility index (Phi) is 6.14. The van der Waals surface area contributed by atoms with Crippen LogP contribution in [0.3, 0.4) is 0 Å². The van der Waals surface area contributed by atoms with Gasteiger partial charge in [0.15, 0.2) is 4.34 Å². The molecule has 1 aromatic heterocycles. The molecule has 0 aliphatic rings. The van der Waals surface area contributed by atoms with E-state index in [9.17, 15) is 0 Å². The molecule has 0 spiro atoms. The van der Waals surface area contributed by atoms with Crippen molar-refractivity contribution < 1.29 is 0 Å². The molecule has 0 aliphatic carbocycles. The van der Waals surface area contributed by atoms with Gasteiger partial charge in [0.2, 0.25) is 0 Å². The normalized spacial score (nSPS) is 13.0. The third kappa shape index (κ3) is 4.93. The maximum Gasteiger partial charge on any atom is 0.169 e. The third-order valence-corrected chi connectivity index (χ3v) is 3.78. The van der Waals surface area contributed by atoms with E-state index in [1.54, 1.807) is 18.1 Å². The van der Waals surface area contributed by atoms with Crippen molar-refractivity contribution in [2.75, 3.05) is 12.3 Å². The molecule has 1 heterocycles. The van der Waals surface area contributed by atoms with E-state index in [1.807, 2.05) is 0 Å². The van der Waals surface area contributed by atoms with Gasteiger partial charge in [-0.2, -0.15) is 4.37 Å². The van der Waals surface area contributed by atoms with Crippen molar-refractivity contribution in [2.45, 2.75) is 37.1 Å². The van der Waals surface area contributed by atoms with Crippen LogP contribution in [0.4, 0.5) is 0 Å². The van der Waals surface area contributed by atoms with Crippen LogP contribution in [0.5, 0.6) is 0 Å². The van der Waals surface area contributed by atoms with Crippen LogP contribution in [0.2, 0.25) is 0 Å². The average Bonchev–Trinajstić information content (AvgIpc) is 2.65. The molecular weight excluding hydrogens is 214 g/mol. The molecule has 0 radical (unpaired) electrons. The minimum Gasteiger partial charge on any atom is -0.315 e. The molecule has 80 valence electrons. The Balaban J connectivity index is 1.99. The topological polar surface area (TPSA) is 37.8 Å². The number of nitrogens with zero attached hydrogens (tertiary/aromatic N) is 2. The summed E-state index contributed by atoms with van der Waals surface area (Å²) in [7, 11) is 0. The van der Waals surface area contributed by atoms with Gasteiger partial charge in [-0.3, -0.25) is 0 Å². The zero-order chi connectivity index (χ0) is 10.2. The molecule has 0 aliphatic heterocycles. The van der Waals surface area contributed by atoms with Gasteiger partial charge in [-0.25, -0.2) is 4.98 Å². The van der Waals surface area contributed by atoms with Crippen molar-refractivity contribution in [1.82, 2.24) is 14.7 Å². The number of hydrogen-bond acceptors (Lipinski definition) is 5. The number of rotatable bonds is 7. The van der Waals surface area contributed by atoms with Crippen molar-refractivity contribution in [1.29, 1.82) is 0 Å². The molecule has 1 unspecified atom stereocenters. The molecule has 1 N–H and O–H groups in total. The van der Waals surface area contributed by atoms with Crippen LogP contribution in [-0.2, 0) is 0 Å². The van der Waals surface area contributed by atoms with Crippen molar-refractivity contribution in [2.24, 2.45) is 0 Å². The Bertz CT molecular complexity index is 226. The quantitative estimate of drug-likeness (QED) is 0.577. The van der Waals surface area contributed by atoms with Crippen molar-refractivity contribution in [3.05, 3.63) is 6.33 Å². The summed E-state index contributed by atoms with van der Waals surface area (Å²) in [5.41, 5.74) is 0. The van der Waals surface area contributed by atoms with Crippen LogP contribution in [0, 0.1) is 0 Å². The Hall–Kier alpha value is -0.130. The molecule has 0 saturated heterocycles. The summed E-state index contributed by atoms with van der Waals surface area (Å²) in [5, 5.41) is 3.40. The van der Waals surface area contributed by atoms with Gasteiger partial charge < -0.3 is 5.32 Å². The molecule has 0 fully saturated rings. The van der Waals surface area contributed by atoms with E-state index in [1.165, 1.54) is 24.4 Å². The van der Waals surface area contributed by atoms with E-state index in [4.69, 9.17) is 0 Å². The first-order valence-corrected chi connectivity index (χ1v) is 6.71. The number of nitrogens with one attached hydrogen (secondary N) is 1. The first kappa shape index (κ1) is 11.9. The maximum atomic E-state index is 4.12. The van der Waals surface area contributed by atoms with E-state index in [0.29, 0.717) is 6.04 Å². The first-order chi connectivity index (χ1) is 6.83. The van der Waals surface area contributed by atoms with E-state index >= 15 is 0 Å². The standard InChI is InChI=1S/C9H17N3S2/c1-3-10-8(2)5-4-6-13-9-11-7-12-14-9/h7-8,10H,3-6H2,1-2H3. The summed E-state index contributed by atoms with van der Waals surface area (Å²) >= 11 is 3.28. The van der Waals surface area contributed by atoms with E-state index in [0.717, 1.165) is 16.6 Å². The van der Waals surface area contributed by atoms with Crippen LogP contribution in [0.25, 0.3) is 0 Å². The van der Waals surface area contributed by atoms with Gasteiger partial charge in [0.1, 0.15) is 6.33 Å². The minimum absolute atomic E-state index is 0.634. The van der Waals surface area contributed by atoms with Crippen LogP contribution < -0.4 is 5.32 Å². The summed E-state index contributed by atoms with van der Waals surface area (Å²) < 4.78 is 5.05. The number of hydrogen-bond donors (Lipinski definition) is 1. The second-order valence-electron chi connectivity index (χ2n) is 3.16. The lowest BCUT2D eigenvalue weighted by Gasteiger charge is -2.10. The molecule has 3 nitrogen and oxygen atoms in total. The Morgan fingerprint density at radius 1 is 1.64 bits per heavy atom. The van der Waals surface area contributed by atoms with Gasteiger partial charge in [0.05, 0.1) is 0 Å². The fourth-order valence-electron chi connectivity index (χ4n) is 1.23. The summed E-state index contributed by atoms with van der Waals surface area (Å²) in [5.74, 6) is 1.14. The fourth-order valence-corrected chi connectivity index (χ4v) is 2.70. The molecule has 0 saturated carbocycles. The van der Waals surface area contributed by atoms with Gasteiger partial charge in [-0.1, -0.05) is 18.7 Å². The van der Waals surface area contributed by atoms with Crippen LogP contribution in [-0.4, -0.2) is 27.7 Å². The fraction of sp³-hybridized carbons (Fsp3) is 0.778. The van der Waals surface area contributed by atoms with E-state index < -0.39 is 0 Å². The Morgan fingerprint density at radius 3 is 3.14 bits per heavy atom. The zero-order valence-electron chi connectivity index (χ0n) is 8.69. The summed E-state index contributed by atoms with van der Waals surface area (Å²) in [6.07, 6.45) is 4.09. The van der Waals surface area contributed by atoms with Crippen LogP contribution >= 0.6 is 23.3 Å². The molecule has 1 rings (SSSR count). The average molecular weight is 231 g/mol. The lowest BCUT2D eigenvalue weighted by Crippen LogP contribution is -2.25. The molecular formula is C9H17N3S2. The van der Waals surface area contributed by atoms with E-state index in [-0.39, 0.29) is 0 Å². The third-order valence-electron chi connectivity index (χ3n) is 1.90. The molecule has 0 amide bonds. The Morgan fingerprint density at radius 2 is 2.50 bits per heavy atom. The highest BCUT2D eigenvalue weighted by molar-refractivity contribution is 8.00. The SMILES string of the molecule is CCNC(C)CCCSc1ncns1. The van der Waals surface area contributed by atoms with Crippen LogP contribution in [0.15, 0.2) is 10.7 Å². The summed E-state index contributed by atoms with van der Waals surface area (Å²) in [6.45, 7) is 5.44. The van der Waals surface area contributed by atoms with Crippen molar-refractivity contribution in [3.8, 4) is 0 Å². The largest absolute Gasteiger partial charge is 0.315 e. The predicted octanol–water partition coefficient (Wildman–Crippen LogP) is 2.41. The number of aromatic nitrogens is 2. The second-order valence-corrected chi connectivity index (χ2v) is 5.28. The minimum atomic E-state index is 0.634. The molecule has 5 heteroatoms. The monoisotopic (exact) mass is 231 g/mol. The molecule has 1 aromatic rings. The smallest absolute Gasteiger partial charge is 0.169 e. The van der Waals surface area contributed by atoms with Gasteiger partial charge in [0, 0.05) is 11.8 Å². The van der Waals surface area contributed by atoms with Crippen LogP contribution in [0.1, 0.15) is 26.7 Å². The highest BCUT2D eigenvalue weighted by Crippen LogP contribution is 2.19. The predicted molar refractivity (Wildman–Crippen MR) is 63.0 cm³/mol.